The van der Waals surface area contributed by atoms with Crippen LogP contribution in [0.1, 0.15) is 40.5 Å². The van der Waals surface area contributed by atoms with Crippen LogP contribution in [0.3, 0.4) is 0 Å². The lowest BCUT2D eigenvalue weighted by molar-refractivity contribution is 0.0427. The highest BCUT2D eigenvalue weighted by atomic mass is 16.5. The molecule has 25 heavy (non-hydrogen) atoms. The Morgan fingerprint density at radius 3 is 2.72 bits per heavy atom. The fourth-order valence-corrected chi connectivity index (χ4v) is 3.49. The van der Waals surface area contributed by atoms with Crippen molar-refractivity contribution < 1.29 is 9.53 Å². The van der Waals surface area contributed by atoms with Crippen molar-refractivity contribution in [3.05, 3.63) is 65.2 Å². The maximum absolute atomic E-state index is 13.1. The lowest BCUT2D eigenvalue weighted by atomic mass is 10.0. The molecule has 4 rings (SSSR count). The Hall–Kier alpha value is -2.84. The molecule has 2 heterocycles. The van der Waals surface area contributed by atoms with Crippen molar-refractivity contribution in [1.82, 2.24) is 4.90 Å². The third-order valence-corrected chi connectivity index (χ3v) is 4.80. The van der Waals surface area contributed by atoms with Crippen molar-refractivity contribution in [3.8, 4) is 6.07 Å². The molecule has 0 unspecified atom stereocenters. The maximum atomic E-state index is 13.1. The first-order chi connectivity index (χ1) is 12.3. The summed E-state index contributed by atoms with van der Waals surface area (Å²) in [5, 5.41) is 12.5. The number of fused-ring (bicyclic) bond motifs is 1. The third-order valence-electron chi connectivity index (χ3n) is 4.80. The Morgan fingerprint density at radius 2 is 2.00 bits per heavy atom. The predicted molar refractivity (Wildman–Crippen MR) is 94.0 cm³/mol. The molecule has 2 aliphatic heterocycles. The molecule has 0 saturated carbocycles. The number of rotatable bonds is 3. The molecule has 126 valence electrons. The van der Waals surface area contributed by atoms with Crippen molar-refractivity contribution in [1.29, 1.82) is 5.26 Å². The summed E-state index contributed by atoms with van der Waals surface area (Å²) in [5.41, 5.74) is 3.09. The Morgan fingerprint density at radius 1 is 1.20 bits per heavy atom. The first kappa shape index (κ1) is 15.7. The van der Waals surface area contributed by atoms with E-state index in [-0.39, 0.29) is 18.2 Å². The second kappa shape index (κ2) is 6.58. The summed E-state index contributed by atoms with van der Waals surface area (Å²) in [5.74, 6) is 0.0132. The van der Waals surface area contributed by atoms with Crippen LogP contribution in [0, 0.1) is 11.3 Å². The van der Waals surface area contributed by atoms with Crippen LogP contribution in [0.4, 0.5) is 5.69 Å². The monoisotopic (exact) mass is 333 g/mol. The zero-order valence-electron chi connectivity index (χ0n) is 13.8. The van der Waals surface area contributed by atoms with Gasteiger partial charge < -0.3 is 15.0 Å². The van der Waals surface area contributed by atoms with Gasteiger partial charge in [0.15, 0.2) is 0 Å². The van der Waals surface area contributed by atoms with Gasteiger partial charge in [0.2, 0.25) is 0 Å². The van der Waals surface area contributed by atoms with Crippen LogP contribution >= 0.6 is 0 Å². The van der Waals surface area contributed by atoms with Gasteiger partial charge in [0.25, 0.3) is 5.91 Å². The molecule has 2 atom stereocenters. The normalized spacial score (nSPS) is 22.2. The number of nitrogens with zero attached hydrogens (tertiary/aromatic N) is 2. The van der Waals surface area contributed by atoms with E-state index in [1.807, 2.05) is 41.3 Å². The molecule has 1 fully saturated rings. The standard InChI is InChI=1S/C20H19N3O2/c21-12-14-7-9-15(10-8-14)19-22-18-6-2-1-5-17(18)20(24)23(19)13-16-4-3-11-25-16/h1-2,5-10,16,19,22H,3-4,11,13H2/t16-,19+/m0/s1. The van der Waals surface area contributed by atoms with Crippen LogP contribution in [0.25, 0.3) is 0 Å². The van der Waals surface area contributed by atoms with Crippen LogP contribution < -0.4 is 5.32 Å². The summed E-state index contributed by atoms with van der Waals surface area (Å²) in [6.07, 6.45) is 1.83. The van der Waals surface area contributed by atoms with Crippen molar-refractivity contribution >= 4 is 11.6 Å². The number of ether oxygens (including phenoxy) is 1. The number of hydrogen-bond acceptors (Lipinski definition) is 4. The van der Waals surface area contributed by atoms with Gasteiger partial charge in [-0.3, -0.25) is 4.79 Å². The van der Waals surface area contributed by atoms with E-state index in [1.165, 1.54) is 0 Å². The van der Waals surface area contributed by atoms with Crippen LogP contribution in [0.5, 0.6) is 0 Å². The smallest absolute Gasteiger partial charge is 0.257 e. The van der Waals surface area contributed by atoms with E-state index in [0.29, 0.717) is 17.7 Å². The fraction of sp³-hybridized carbons (Fsp3) is 0.300. The highest BCUT2D eigenvalue weighted by Gasteiger charge is 2.35. The van der Waals surface area contributed by atoms with Crippen molar-refractivity contribution in [2.75, 3.05) is 18.5 Å². The van der Waals surface area contributed by atoms with Gasteiger partial charge in [-0.25, -0.2) is 0 Å². The van der Waals surface area contributed by atoms with Crippen LogP contribution in [-0.2, 0) is 4.74 Å². The van der Waals surface area contributed by atoms with E-state index in [4.69, 9.17) is 10.00 Å². The number of hydrogen-bond donors (Lipinski definition) is 1. The van der Waals surface area contributed by atoms with Gasteiger partial charge in [-0.1, -0.05) is 24.3 Å². The molecular weight excluding hydrogens is 314 g/mol. The Labute approximate surface area is 146 Å². The van der Waals surface area contributed by atoms with E-state index >= 15 is 0 Å². The minimum Gasteiger partial charge on any atom is -0.376 e. The topological polar surface area (TPSA) is 65.4 Å². The van der Waals surface area contributed by atoms with E-state index in [2.05, 4.69) is 11.4 Å². The van der Waals surface area contributed by atoms with Gasteiger partial charge in [-0.15, -0.1) is 0 Å². The SMILES string of the molecule is N#Cc1ccc([C@@H]2Nc3ccccc3C(=O)N2C[C@@H]2CCCO2)cc1. The Kier molecular flexibility index (Phi) is 4.12. The minimum atomic E-state index is -0.264. The number of para-hydroxylation sites is 1. The van der Waals surface area contributed by atoms with Crippen molar-refractivity contribution in [2.24, 2.45) is 0 Å². The summed E-state index contributed by atoms with van der Waals surface area (Å²) >= 11 is 0. The predicted octanol–water partition coefficient (Wildman–Crippen LogP) is 3.30. The number of carbonyl (C=O) groups is 1. The molecule has 0 aromatic heterocycles. The molecule has 1 saturated heterocycles. The zero-order valence-corrected chi connectivity index (χ0v) is 13.8. The number of nitriles is 1. The highest BCUT2D eigenvalue weighted by Crippen LogP contribution is 2.34. The largest absolute Gasteiger partial charge is 0.376 e. The van der Waals surface area contributed by atoms with E-state index in [1.54, 1.807) is 12.1 Å². The summed E-state index contributed by atoms with van der Waals surface area (Å²) < 4.78 is 5.75. The number of amides is 1. The van der Waals surface area contributed by atoms with Crippen molar-refractivity contribution in [2.45, 2.75) is 25.1 Å². The summed E-state index contributed by atoms with van der Waals surface area (Å²) in [6.45, 7) is 1.32. The van der Waals surface area contributed by atoms with Crippen LogP contribution in [0.15, 0.2) is 48.5 Å². The fourth-order valence-electron chi connectivity index (χ4n) is 3.49. The molecule has 2 aromatic carbocycles. The average molecular weight is 333 g/mol. The van der Waals surface area contributed by atoms with Gasteiger partial charge in [0.05, 0.1) is 23.3 Å². The molecular formula is C20H19N3O2. The molecule has 0 spiro atoms. The quantitative estimate of drug-likeness (QED) is 0.936. The first-order valence-electron chi connectivity index (χ1n) is 8.54. The molecule has 1 amide bonds. The van der Waals surface area contributed by atoms with Gasteiger partial charge >= 0.3 is 0 Å². The molecule has 0 radical (unpaired) electrons. The second-order valence-electron chi connectivity index (χ2n) is 6.42. The third kappa shape index (κ3) is 2.97. The summed E-state index contributed by atoms with van der Waals surface area (Å²) in [6, 6.07) is 17.1. The maximum Gasteiger partial charge on any atom is 0.257 e. The molecule has 5 heteroatoms. The number of anilines is 1. The van der Waals surface area contributed by atoms with Gasteiger partial charge in [0, 0.05) is 18.8 Å². The molecule has 1 N–H and O–H groups in total. The van der Waals surface area contributed by atoms with Crippen LogP contribution in [0.2, 0.25) is 0 Å². The zero-order chi connectivity index (χ0) is 17.2. The first-order valence-corrected chi connectivity index (χ1v) is 8.54. The van der Waals surface area contributed by atoms with Gasteiger partial charge in [-0.05, 0) is 42.7 Å². The van der Waals surface area contributed by atoms with Gasteiger partial charge in [0.1, 0.15) is 6.17 Å². The molecule has 2 aromatic rings. The van der Waals surface area contributed by atoms with Gasteiger partial charge in [-0.2, -0.15) is 5.26 Å². The summed E-state index contributed by atoms with van der Waals surface area (Å²) in [7, 11) is 0. The van der Waals surface area contributed by atoms with E-state index in [9.17, 15) is 4.79 Å². The number of carbonyl (C=O) groups excluding carboxylic acids is 1. The van der Waals surface area contributed by atoms with E-state index in [0.717, 1.165) is 30.7 Å². The summed E-state index contributed by atoms with van der Waals surface area (Å²) in [4.78, 5) is 14.9. The van der Waals surface area contributed by atoms with Crippen molar-refractivity contribution in [3.63, 3.8) is 0 Å². The van der Waals surface area contributed by atoms with Crippen LogP contribution in [-0.4, -0.2) is 30.1 Å². The highest BCUT2D eigenvalue weighted by molar-refractivity contribution is 6.01. The Balaban J connectivity index is 1.70. The molecule has 5 nitrogen and oxygen atoms in total. The minimum absolute atomic E-state index is 0.0132. The molecule has 0 aliphatic carbocycles. The lowest BCUT2D eigenvalue weighted by Gasteiger charge is -2.39. The lowest BCUT2D eigenvalue weighted by Crippen LogP contribution is -2.46. The average Bonchev–Trinajstić information content (AvgIpc) is 3.17. The second-order valence-corrected chi connectivity index (χ2v) is 6.42. The number of nitrogens with one attached hydrogen (secondary N) is 1. The Bertz CT molecular complexity index is 820. The van der Waals surface area contributed by atoms with E-state index < -0.39 is 0 Å². The number of benzene rings is 2. The molecule has 2 aliphatic rings. The molecule has 0 bridgehead atoms.